The fourth-order valence-electron chi connectivity index (χ4n) is 1.91. The zero-order valence-corrected chi connectivity index (χ0v) is 10.7. The topological polar surface area (TPSA) is 22.4 Å². The fourth-order valence-corrected chi connectivity index (χ4v) is 2.03. The van der Waals surface area contributed by atoms with Crippen LogP contribution in [0.3, 0.4) is 0 Å². The molecule has 0 unspecified atom stereocenters. The second-order valence-corrected chi connectivity index (χ2v) is 4.55. The molecule has 96 valence electrons. The predicted molar refractivity (Wildman–Crippen MR) is 72.0 cm³/mol. The molecule has 0 amide bonds. The molecule has 2 aromatic carbocycles. The number of ether oxygens (including phenoxy) is 1. The van der Waals surface area contributed by atoms with E-state index in [9.17, 15) is 4.39 Å². The van der Waals surface area contributed by atoms with E-state index in [0.717, 1.165) is 0 Å². The van der Waals surface area contributed by atoms with Crippen LogP contribution in [0.5, 0.6) is 5.75 Å². The summed E-state index contributed by atoms with van der Waals surface area (Å²) in [6.45, 7) is 0.246. The summed E-state index contributed by atoms with van der Waals surface area (Å²) in [6.07, 6.45) is 1.52. The molecule has 0 spiro atoms. The van der Waals surface area contributed by atoms with Crippen molar-refractivity contribution in [1.29, 1.82) is 0 Å². The molecule has 2 nitrogen and oxygen atoms in total. The highest BCUT2D eigenvalue weighted by Crippen LogP contribution is 2.25. The van der Waals surface area contributed by atoms with Crippen molar-refractivity contribution in [2.24, 2.45) is 0 Å². The second kappa shape index (κ2) is 4.94. The molecule has 0 aliphatic carbocycles. The molecule has 3 rings (SSSR count). The van der Waals surface area contributed by atoms with Crippen LogP contribution < -0.4 is 4.74 Å². The van der Waals surface area contributed by atoms with Crippen molar-refractivity contribution in [3.8, 4) is 5.75 Å². The Morgan fingerprint density at radius 2 is 1.89 bits per heavy atom. The van der Waals surface area contributed by atoms with Crippen molar-refractivity contribution in [2.45, 2.75) is 6.61 Å². The van der Waals surface area contributed by atoms with Gasteiger partial charge in [0.1, 0.15) is 23.8 Å². The van der Waals surface area contributed by atoms with Gasteiger partial charge in [0, 0.05) is 10.6 Å². The molecule has 0 radical (unpaired) electrons. The summed E-state index contributed by atoms with van der Waals surface area (Å²) in [7, 11) is 0. The van der Waals surface area contributed by atoms with Gasteiger partial charge in [0.15, 0.2) is 0 Å². The van der Waals surface area contributed by atoms with E-state index in [0.29, 0.717) is 27.3 Å². The van der Waals surface area contributed by atoms with Crippen LogP contribution in [0, 0.1) is 5.82 Å². The van der Waals surface area contributed by atoms with Crippen LogP contribution in [-0.4, -0.2) is 0 Å². The van der Waals surface area contributed by atoms with Crippen LogP contribution in [0.2, 0.25) is 5.02 Å². The highest BCUT2D eigenvalue weighted by Gasteiger charge is 2.10. The number of hydrogen-bond donors (Lipinski definition) is 0. The SMILES string of the molecule is Fc1cccc2occ(COc3ccc(Cl)cc3)c12. The van der Waals surface area contributed by atoms with Gasteiger partial charge in [0.2, 0.25) is 0 Å². The Morgan fingerprint density at radius 1 is 1.11 bits per heavy atom. The number of furan rings is 1. The molecule has 0 saturated heterocycles. The minimum absolute atomic E-state index is 0.246. The summed E-state index contributed by atoms with van der Waals surface area (Å²) in [5.74, 6) is 0.371. The molecule has 1 heterocycles. The molecular weight excluding hydrogens is 267 g/mol. The first-order chi connectivity index (χ1) is 9.24. The van der Waals surface area contributed by atoms with E-state index in [-0.39, 0.29) is 12.4 Å². The first-order valence-corrected chi connectivity index (χ1v) is 6.15. The Bertz CT molecular complexity index is 704. The van der Waals surface area contributed by atoms with Gasteiger partial charge in [0.25, 0.3) is 0 Å². The van der Waals surface area contributed by atoms with E-state index >= 15 is 0 Å². The van der Waals surface area contributed by atoms with Gasteiger partial charge in [-0.3, -0.25) is 0 Å². The number of benzene rings is 2. The third kappa shape index (κ3) is 2.42. The van der Waals surface area contributed by atoms with Gasteiger partial charge in [-0.05, 0) is 36.4 Å². The van der Waals surface area contributed by atoms with Crippen LogP contribution in [-0.2, 0) is 6.61 Å². The summed E-state index contributed by atoms with van der Waals surface area (Å²) < 4.78 is 24.6. The third-order valence-corrected chi connectivity index (χ3v) is 3.08. The van der Waals surface area contributed by atoms with E-state index in [1.807, 2.05) is 0 Å². The van der Waals surface area contributed by atoms with Crippen molar-refractivity contribution in [3.63, 3.8) is 0 Å². The Morgan fingerprint density at radius 3 is 2.68 bits per heavy atom. The van der Waals surface area contributed by atoms with Gasteiger partial charge in [0.05, 0.1) is 11.6 Å². The van der Waals surface area contributed by atoms with Crippen LogP contribution in [0.15, 0.2) is 53.1 Å². The van der Waals surface area contributed by atoms with E-state index in [1.54, 1.807) is 36.4 Å². The lowest BCUT2D eigenvalue weighted by molar-refractivity contribution is 0.305. The van der Waals surface area contributed by atoms with Crippen molar-refractivity contribution >= 4 is 22.6 Å². The number of hydrogen-bond acceptors (Lipinski definition) is 2. The minimum Gasteiger partial charge on any atom is -0.489 e. The lowest BCUT2D eigenvalue weighted by Gasteiger charge is -2.05. The molecule has 0 aliphatic heterocycles. The average Bonchev–Trinajstić information content (AvgIpc) is 2.83. The van der Waals surface area contributed by atoms with Crippen molar-refractivity contribution < 1.29 is 13.5 Å². The third-order valence-electron chi connectivity index (χ3n) is 2.83. The summed E-state index contributed by atoms with van der Waals surface area (Å²) in [5.41, 5.74) is 1.21. The molecule has 1 aromatic heterocycles. The predicted octanol–water partition coefficient (Wildman–Crippen LogP) is 4.80. The Labute approximate surface area is 114 Å². The molecule has 4 heteroatoms. The maximum absolute atomic E-state index is 13.7. The van der Waals surface area contributed by atoms with Crippen molar-refractivity contribution in [2.75, 3.05) is 0 Å². The fraction of sp³-hybridized carbons (Fsp3) is 0.0667. The maximum Gasteiger partial charge on any atom is 0.137 e. The highest BCUT2D eigenvalue weighted by molar-refractivity contribution is 6.30. The lowest BCUT2D eigenvalue weighted by Crippen LogP contribution is -1.94. The van der Waals surface area contributed by atoms with Crippen LogP contribution in [0.1, 0.15) is 5.56 Å². The Hall–Kier alpha value is -2.00. The molecule has 3 aromatic rings. The standard InChI is InChI=1S/C15H10ClFO2/c16-11-4-6-12(7-5-11)18-8-10-9-19-14-3-1-2-13(17)15(10)14/h1-7,9H,8H2. The smallest absolute Gasteiger partial charge is 0.137 e. The van der Waals surface area contributed by atoms with Crippen LogP contribution in [0.25, 0.3) is 11.0 Å². The molecule has 0 bridgehead atoms. The molecule has 0 N–H and O–H groups in total. The van der Waals surface area contributed by atoms with Crippen molar-refractivity contribution in [1.82, 2.24) is 0 Å². The summed E-state index contributed by atoms with van der Waals surface area (Å²) in [6, 6.07) is 11.8. The number of halogens is 2. The van der Waals surface area contributed by atoms with Gasteiger partial charge in [-0.1, -0.05) is 17.7 Å². The summed E-state index contributed by atoms with van der Waals surface area (Å²) in [4.78, 5) is 0. The largest absolute Gasteiger partial charge is 0.489 e. The summed E-state index contributed by atoms with van der Waals surface area (Å²) in [5, 5.41) is 1.11. The van der Waals surface area contributed by atoms with Gasteiger partial charge in [-0.25, -0.2) is 4.39 Å². The summed E-state index contributed by atoms with van der Waals surface area (Å²) >= 11 is 5.79. The minimum atomic E-state index is -0.305. The molecule has 19 heavy (non-hydrogen) atoms. The molecule has 0 fully saturated rings. The molecular formula is C15H10ClFO2. The number of rotatable bonds is 3. The van der Waals surface area contributed by atoms with Crippen molar-refractivity contribution in [3.05, 3.63) is 65.1 Å². The van der Waals surface area contributed by atoms with Gasteiger partial charge in [-0.2, -0.15) is 0 Å². The molecule has 0 saturated carbocycles. The van der Waals surface area contributed by atoms with Gasteiger partial charge in [-0.15, -0.1) is 0 Å². The highest BCUT2D eigenvalue weighted by atomic mass is 35.5. The normalized spacial score (nSPS) is 10.8. The first kappa shape index (κ1) is 12.1. The van der Waals surface area contributed by atoms with Crippen LogP contribution in [0.4, 0.5) is 4.39 Å². The van der Waals surface area contributed by atoms with E-state index < -0.39 is 0 Å². The van der Waals surface area contributed by atoms with E-state index in [4.69, 9.17) is 20.8 Å². The van der Waals surface area contributed by atoms with Gasteiger partial charge >= 0.3 is 0 Å². The molecule has 0 atom stereocenters. The Kier molecular flexibility index (Phi) is 3.13. The van der Waals surface area contributed by atoms with E-state index in [1.165, 1.54) is 12.3 Å². The van der Waals surface area contributed by atoms with Gasteiger partial charge < -0.3 is 9.15 Å². The second-order valence-electron chi connectivity index (χ2n) is 4.12. The number of fused-ring (bicyclic) bond motifs is 1. The zero-order chi connectivity index (χ0) is 13.2. The van der Waals surface area contributed by atoms with Crippen LogP contribution >= 0.6 is 11.6 Å². The molecule has 0 aliphatic rings. The maximum atomic E-state index is 13.7. The van der Waals surface area contributed by atoms with E-state index in [2.05, 4.69) is 0 Å². The quantitative estimate of drug-likeness (QED) is 0.685. The zero-order valence-electron chi connectivity index (χ0n) is 9.90. The first-order valence-electron chi connectivity index (χ1n) is 5.77. The monoisotopic (exact) mass is 276 g/mol. The Balaban J connectivity index is 1.84. The average molecular weight is 277 g/mol. The lowest BCUT2D eigenvalue weighted by atomic mass is 10.2.